The van der Waals surface area contributed by atoms with Crippen LogP contribution in [0.3, 0.4) is 0 Å². The Hall–Kier alpha value is -1.96. The van der Waals surface area contributed by atoms with Crippen molar-refractivity contribution in [2.24, 2.45) is 0 Å². The predicted molar refractivity (Wildman–Crippen MR) is 202 cm³/mol. The van der Waals surface area contributed by atoms with Gasteiger partial charge >= 0.3 is 288 Å². The summed E-state index contributed by atoms with van der Waals surface area (Å²) in [5.41, 5.74) is 14.4. The number of aryl methyl sites for hydroxylation is 4. The SMILES string of the molecule is CC1=Cc2c(C(C)C)ccc(C)c2[CH]1[Zr]([Cl])([Cl])([CH]1C(C)=Cc2c(C(C)C)ccc(C)c21)=[Si](c1ccc(C)cc1)c1ccc(C)cc1. The number of hydrogen-bond donors (Lipinski definition) is 0. The molecular formula is C42H48Cl2SiZr. The molecule has 0 aromatic heterocycles. The molecule has 0 amide bonds. The Kier molecular flexibility index (Phi) is 8.98. The van der Waals surface area contributed by atoms with E-state index < -0.39 is 20.4 Å². The van der Waals surface area contributed by atoms with E-state index in [9.17, 15) is 0 Å². The first kappa shape index (κ1) is 33.9. The van der Waals surface area contributed by atoms with Crippen LogP contribution in [0.1, 0.15) is 116 Å². The Labute approximate surface area is 285 Å². The molecule has 0 N–H and O–H groups in total. The van der Waals surface area contributed by atoms with E-state index in [-0.39, 0.29) is 7.25 Å². The maximum atomic E-state index is 9.11. The van der Waals surface area contributed by atoms with Crippen molar-refractivity contribution >= 4 is 45.0 Å². The number of hydrogen-bond acceptors (Lipinski definition) is 0. The minimum atomic E-state index is -5.35. The molecule has 4 aromatic carbocycles. The van der Waals surface area contributed by atoms with Crippen LogP contribution in [0.2, 0.25) is 0 Å². The summed E-state index contributed by atoms with van der Waals surface area (Å²) in [4.78, 5) is 0. The van der Waals surface area contributed by atoms with Gasteiger partial charge in [-0.05, 0) is 0 Å². The van der Waals surface area contributed by atoms with Crippen LogP contribution in [0.15, 0.2) is 83.9 Å². The van der Waals surface area contributed by atoms with Gasteiger partial charge in [0.05, 0.1) is 0 Å². The fourth-order valence-corrected chi connectivity index (χ4v) is 55.2. The van der Waals surface area contributed by atoms with Gasteiger partial charge in [-0.25, -0.2) is 0 Å². The van der Waals surface area contributed by atoms with Crippen molar-refractivity contribution in [2.45, 2.75) is 88.3 Å². The summed E-state index contributed by atoms with van der Waals surface area (Å²) in [6, 6.07) is 27.8. The molecule has 0 heterocycles. The van der Waals surface area contributed by atoms with Gasteiger partial charge in [-0.2, -0.15) is 0 Å². The molecule has 6 rings (SSSR count). The van der Waals surface area contributed by atoms with Gasteiger partial charge in [0.15, 0.2) is 0 Å². The van der Waals surface area contributed by atoms with E-state index in [1.807, 2.05) is 0 Å². The number of halogens is 2. The van der Waals surface area contributed by atoms with E-state index in [1.54, 1.807) is 0 Å². The van der Waals surface area contributed by atoms with E-state index in [4.69, 9.17) is 17.0 Å². The Balaban J connectivity index is 1.88. The van der Waals surface area contributed by atoms with Crippen LogP contribution < -0.4 is 10.4 Å². The fraction of sp³-hybridized carbons (Fsp3) is 0.333. The third kappa shape index (κ3) is 5.26. The first-order valence-corrected chi connectivity index (χ1v) is 31.2. The normalized spacial score (nSPS) is 17.7. The van der Waals surface area contributed by atoms with Crippen LogP contribution in [0, 0.1) is 27.7 Å². The first-order valence-electron chi connectivity index (χ1n) is 16.9. The van der Waals surface area contributed by atoms with Crippen molar-refractivity contribution < 1.29 is 15.0 Å². The third-order valence-corrected chi connectivity index (χ3v) is 49.0. The third-order valence-electron chi connectivity index (χ3n) is 10.8. The van der Waals surface area contributed by atoms with Gasteiger partial charge in [-0.1, -0.05) is 0 Å². The Morgan fingerprint density at radius 3 is 1.20 bits per heavy atom. The zero-order chi connectivity index (χ0) is 33.3. The van der Waals surface area contributed by atoms with Crippen LogP contribution in [0.4, 0.5) is 0 Å². The number of fused-ring (bicyclic) bond motifs is 2. The molecule has 4 heteroatoms. The van der Waals surface area contributed by atoms with Gasteiger partial charge in [0.1, 0.15) is 0 Å². The molecule has 0 saturated carbocycles. The quantitative estimate of drug-likeness (QED) is 0.173. The second kappa shape index (κ2) is 12.2. The van der Waals surface area contributed by atoms with Gasteiger partial charge < -0.3 is 0 Å². The van der Waals surface area contributed by atoms with Crippen molar-refractivity contribution in [3.63, 3.8) is 0 Å². The fourth-order valence-electron chi connectivity index (χ4n) is 8.68. The summed E-state index contributed by atoms with van der Waals surface area (Å²) in [6.45, 7) is 22.8. The molecule has 2 aliphatic carbocycles. The Morgan fingerprint density at radius 2 is 0.870 bits per heavy atom. The summed E-state index contributed by atoms with van der Waals surface area (Å²) < 4.78 is -0.00671. The van der Waals surface area contributed by atoms with E-state index >= 15 is 0 Å². The molecule has 0 radical (unpaired) electrons. The van der Waals surface area contributed by atoms with Crippen molar-refractivity contribution in [1.82, 2.24) is 0 Å². The summed E-state index contributed by atoms with van der Waals surface area (Å²) in [6.07, 6.45) is 4.91. The molecule has 2 aliphatic rings. The summed E-state index contributed by atoms with van der Waals surface area (Å²) >= 11 is -5.35. The Morgan fingerprint density at radius 1 is 0.522 bits per heavy atom. The van der Waals surface area contributed by atoms with Crippen LogP contribution in [0.25, 0.3) is 12.2 Å². The summed E-state index contributed by atoms with van der Waals surface area (Å²) in [5.74, 6) is 0.818. The van der Waals surface area contributed by atoms with E-state index in [0.717, 1.165) is 0 Å². The summed E-state index contributed by atoms with van der Waals surface area (Å²) in [7, 11) is 18.2. The molecule has 46 heavy (non-hydrogen) atoms. The molecule has 4 aromatic rings. The monoisotopic (exact) mass is 740 g/mol. The van der Waals surface area contributed by atoms with Gasteiger partial charge in [0.2, 0.25) is 0 Å². The van der Waals surface area contributed by atoms with E-state index in [0.29, 0.717) is 11.8 Å². The zero-order valence-corrected chi connectivity index (χ0v) is 34.1. The molecule has 0 spiro atoms. The summed E-state index contributed by atoms with van der Waals surface area (Å²) in [5, 5.41) is 2.65. The van der Waals surface area contributed by atoms with Crippen LogP contribution in [0.5, 0.6) is 0 Å². The van der Waals surface area contributed by atoms with E-state index in [2.05, 4.69) is 154 Å². The first-order chi connectivity index (χ1) is 21.6. The average Bonchev–Trinajstić information content (AvgIpc) is 3.54. The van der Waals surface area contributed by atoms with Crippen LogP contribution in [-0.4, -0.2) is 5.43 Å². The standard InChI is InChI=1S/C14H14Si.2C14H17.2ClH.Zr/c1-11-3-7-13(8-4-11)15-14-9-5-12(2)6-10-14;2*1-9(2)12-6-5-11(4)13-7-10(3)8-14(12)13;;;/h3-10H,1-2H3;2*5-9H,1-4H3;2*1H;/q;;;;;+2/p-2. The molecule has 0 saturated heterocycles. The molecule has 0 bridgehead atoms. The minimum absolute atomic E-state index is 0.00336. The van der Waals surface area contributed by atoms with Gasteiger partial charge in [0.25, 0.3) is 0 Å². The van der Waals surface area contributed by atoms with Crippen LogP contribution in [-0.2, 0) is 15.0 Å². The zero-order valence-electron chi connectivity index (χ0n) is 29.1. The van der Waals surface area contributed by atoms with Gasteiger partial charge in [0, 0.05) is 0 Å². The number of benzene rings is 4. The van der Waals surface area contributed by atoms with Crippen molar-refractivity contribution in [3.05, 3.63) is 140 Å². The van der Waals surface area contributed by atoms with Crippen LogP contribution >= 0.6 is 17.0 Å². The molecule has 238 valence electrons. The predicted octanol–water partition coefficient (Wildman–Crippen LogP) is 11.6. The van der Waals surface area contributed by atoms with Gasteiger partial charge in [-0.3, -0.25) is 0 Å². The Bertz CT molecular complexity index is 1860. The maximum absolute atomic E-state index is 9.11. The van der Waals surface area contributed by atoms with Crippen molar-refractivity contribution in [3.8, 4) is 0 Å². The van der Waals surface area contributed by atoms with E-state index in [1.165, 1.54) is 77.2 Å². The van der Waals surface area contributed by atoms with Crippen molar-refractivity contribution in [2.75, 3.05) is 0 Å². The molecule has 0 aliphatic heterocycles. The molecule has 0 nitrogen and oxygen atoms in total. The number of allylic oxidation sites excluding steroid dienone is 2. The second-order valence-corrected chi connectivity index (χ2v) is 49.8. The molecule has 2 unspecified atom stereocenters. The van der Waals surface area contributed by atoms with Gasteiger partial charge in [-0.15, -0.1) is 0 Å². The second-order valence-electron chi connectivity index (χ2n) is 14.8. The average molecular weight is 743 g/mol. The number of rotatable bonds is 6. The molecular weight excluding hydrogens is 695 g/mol. The topological polar surface area (TPSA) is 0 Å². The van der Waals surface area contributed by atoms with Crippen molar-refractivity contribution in [1.29, 1.82) is 0 Å². The molecule has 0 fully saturated rings. The molecule has 2 atom stereocenters.